The molecule has 2 aromatic rings. The third-order valence-electron chi connectivity index (χ3n) is 7.51. The number of quaternary nitrogens is 2. The zero-order valence-corrected chi connectivity index (χ0v) is 26.2. The van der Waals surface area contributed by atoms with E-state index in [0.717, 1.165) is 58.5 Å². The Morgan fingerprint density at radius 3 is 1.21 bits per heavy atom. The Hall–Kier alpha value is -3.90. The summed E-state index contributed by atoms with van der Waals surface area (Å²) in [5.74, 6) is 1.65. The number of esters is 2. The number of carbonyl (C=O) groups excluding carboxylic acids is 2. The van der Waals surface area contributed by atoms with Crippen molar-refractivity contribution in [1.29, 1.82) is 0 Å². The number of methoxy groups -OCH3 is 6. The third kappa shape index (κ3) is 9.29. The monoisotopic (exact) mass is 606 g/mol. The summed E-state index contributed by atoms with van der Waals surface area (Å²) in [6.45, 7) is 6.80. The molecule has 1 aliphatic rings. The molecule has 2 N–H and O–H groups in total. The van der Waals surface area contributed by atoms with Crippen molar-refractivity contribution in [3.63, 3.8) is 0 Å². The van der Waals surface area contributed by atoms with Gasteiger partial charge in [-0.2, -0.15) is 0 Å². The molecule has 0 bridgehead atoms. The van der Waals surface area contributed by atoms with E-state index in [0.29, 0.717) is 58.8 Å². The van der Waals surface area contributed by atoms with E-state index in [1.807, 2.05) is 0 Å². The van der Waals surface area contributed by atoms with E-state index in [9.17, 15) is 9.59 Å². The van der Waals surface area contributed by atoms with E-state index in [4.69, 9.17) is 37.9 Å². The molecular weight excluding hydrogens is 560 g/mol. The second kappa shape index (κ2) is 17.3. The molecule has 1 aliphatic heterocycles. The number of ether oxygens (including phenoxy) is 8. The highest BCUT2D eigenvalue weighted by molar-refractivity contribution is 5.91. The van der Waals surface area contributed by atoms with Crippen molar-refractivity contribution in [3.05, 3.63) is 35.4 Å². The van der Waals surface area contributed by atoms with Gasteiger partial charge in [-0.3, -0.25) is 0 Å². The summed E-state index contributed by atoms with van der Waals surface area (Å²) in [4.78, 5) is 28.3. The first-order valence-corrected chi connectivity index (χ1v) is 14.5. The van der Waals surface area contributed by atoms with Gasteiger partial charge < -0.3 is 47.7 Å². The topological polar surface area (TPSA) is 117 Å². The minimum Gasteiger partial charge on any atom is -0.493 e. The summed E-state index contributed by atoms with van der Waals surface area (Å²) in [7, 11) is 9.06. The first-order chi connectivity index (χ1) is 20.9. The zero-order chi connectivity index (χ0) is 31.2. The number of benzene rings is 2. The van der Waals surface area contributed by atoms with Crippen LogP contribution in [0.5, 0.6) is 34.5 Å². The molecule has 2 unspecified atom stereocenters. The van der Waals surface area contributed by atoms with Gasteiger partial charge in [0.25, 0.3) is 0 Å². The maximum Gasteiger partial charge on any atom is 0.338 e. The van der Waals surface area contributed by atoms with Gasteiger partial charge in [0.05, 0.1) is 93.2 Å². The van der Waals surface area contributed by atoms with Crippen molar-refractivity contribution in [2.75, 3.05) is 95.1 Å². The Kier molecular flexibility index (Phi) is 13.5. The first kappa shape index (κ1) is 33.6. The molecule has 12 heteroatoms. The summed E-state index contributed by atoms with van der Waals surface area (Å²) in [5.41, 5.74) is 0.704. The van der Waals surface area contributed by atoms with E-state index < -0.39 is 11.9 Å². The molecule has 0 saturated carbocycles. The minimum atomic E-state index is -0.424. The first-order valence-electron chi connectivity index (χ1n) is 14.5. The molecule has 0 aliphatic carbocycles. The fraction of sp³-hybridized carbons (Fsp3) is 0.548. The maximum atomic E-state index is 12.6. The zero-order valence-electron chi connectivity index (χ0n) is 26.2. The molecule has 1 fully saturated rings. The Labute approximate surface area is 253 Å². The molecule has 12 nitrogen and oxygen atoms in total. The van der Waals surface area contributed by atoms with Gasteiger partial charge in [0.1, 0.15) is 13.1 Å². The lowest BCUT2D eigenvalue weighted by Gasteiger charge is -2.18. The van der Waals surface area contributed by atoms with Gasteiger partial charge in [-0.25, -0.2) is 9.59 Å². The van der Waals surface area contributed by atoms with Crippen LogP contribution in [0.2, 0.25) is 0 Å². The highest BCUT2D eigenvalue weighted by Gasteiger charge is 2.22. The van der Waals surface area contributed by atoms with Crippen molar-refractivity contribution < 1.29 is 57.3 Å². The van der Waals surface area contributed by atoms with Crippen LogP contribution < -0.4 is 38.2 Å². The fourth-order valence-electron chi connectivity index (χ4n) is 5.23. The minimum absolute atomic E-state index is 0.340. The fourth-order valence-corrected chi connectivity index (χ4v) is 5.23. The highest BCUT2D eigenvalue weighted by atomic mass is 16.5. The second-order valence-electron chi connectivity index (χ2n) is 10.2. The van der Waals surface area contributed by atoms with Crippen molar-refractivity contribution in [2.45, 2.75) is 19.3 Å². The Balaban J connectivity index is 1.36. The molecule has 0 spiro atoms. The van der Waals surface area contributed by atoms with Crippen LogP contribution in [0.15, 0.2) is 24.3 Å². The van der Waals surface area contributed by atoms with Crippen LogP contribution in [0, 0.1) is 0 Å². The third-order valence-corrected chi connectivity index (χ3v) is 7.51. The lowest BCUT2D eigenvalue weighted by Crippen LogP contribution is -3.17. The summed E-state index contributed by atoms with van der Waals surface area (Å²) < 4.78 is 43.0. The van der Waals surface area contributed by atoms with Gasteiger partial charge >= 0.3 is 11.9 Å². The molecule has 238 valence electrons. The van der Waals surface area contributed by atoms with Crippen molar-refractivity contribution in [2.24, 2.45) is 0 Å². The molecule has 43 heavy (non-hydrogen) atoms. The Morgan fingerprint density at radius 1 is 0.558 bits per heavy atom. The van der Waals surface area contributed by atoms with Crippen LogP contribution in [-0.4, -0.2) is 107 Å². The van der Waals surface area contributed by atoms with Gasteiger partial charge in [0.15, 0.2) is 23.0 Å². The van der Waals surface area contributed by atoms with E-state index in [2.05, 4.69) is 0 Å². The summed E-state index contributed by atoms with van der Waals surface area (Å²) in [6, 6.07) is 6.37. The SMILES string of the molecule is COc1cc(C(=O)OCCC[NH+]2CCC[NH+](CCCOC(=O)c3cc(OC)c(OC)c(OC)c3)CC2)cc(OC)c1OC. The molecule has 1 saturated heterocycles. The highest BCUT2D eigenvalue weighted by Crippen LogP contribution is 2.39. The number of hydrogen-bond acceptors (Lipinski definition) is 10. The molecule has 2 aromatic carbocycles. The van der Waals surface area contributed by atoms with Crippen LogP contribution in [0.4, 0.5) is 0 Å². The molecule has 3 rings (SSSR count). The van der Waals surface area contributed by atoms with E-state index in [1.165, 1.54) is 52.5 Å². The quantitative estimate of drug-likeness (QED) is 0.209. The molecule has 0 amide bonds. The Morgan fingerprint density at radius 2 is 0.907 bits per heavy atom. The van der Waals surface area contributed by atoms with Crippen LogP contribution in [-0.2, 0) is 9.47 Å². The van der Waals surface area contributed by atoms with Crippen molar-refractivity contribution in [1.82, 2.24) is 0 Å². The normalized spacial score (nSPS) is 16.4. The van der Waals surface area contributed by atoms with Crippen molar-refractivity contribution >= 4 is 11.9 Å². The lowest BCUT2D eigenvalue weighted by molar-refractivity contribution is -0.938. The van der Waals surface area contributed by atoms with Gasteiger partial charge in [0, 0.05) is 19.3 Å². The predicted molar refractivity (Wildman–Crippen MR) is 158 cm³/mol. The number of hydrogen-bond donors (Lipinski definition) is 2. The molecule has 0 radical (unpaired) electrons. The number of nitrogens with one attached hydrogen (secondary N) is 2. The predicted octanol–water partition coefficient (Wildman–Crippen LogP) is 0.706. The van der Waals surface area contributed by atoms with Gasteiger partial charge in [-0.05, 0) is 24.3 Å². The largest absolute Gasteiger partial charge is 0.493 e. The summed E-state index contributed by atoms with van der Waals surface area (Å²) in [5, 5.41) is 0. The maximum absolute atomic E-state index is 12.6. The Bertz CT molecular complexity index is 1060. The standard InChI is InChI=1S/C31H44N2O10/c1-36-24-18-22(19-25(37-2)28(24)40-5)30(34)42-16-8-12-32-10-7-11-33(15-14-32)13-9-17-43-31(35)23-20-26(38-3)29(41-6)27(21-23)39-4/h18-21H,7-17H2,1-6H3/p+2. The summed E-state index contributed by atoms with van der Waals surface area (Å²) >= 11 is 0. The van der Waals surface area contributed by atoms with E-state index >= 15 is 0 Å². The summed E-state index contributed by atoms with van der Waals surface area (Å²) in [6.07, 6.45) is 2.66. The van der Waals surface area contributed by atoms with Gasteiger partial charge in [-0.1, -0.05) is 0 Å². The number of carbonyl (C=O) groups is 2. The van der Waals surface area contributed by atoms with Crippen LogP contribution in [0.25, 0.3) is 0 Å². The van der Waals surface area contributed by atoms with E-state index in [-0.39, 0.29) is 0 Å². The number of rotatable bonds is 16. The molecule has 1 heterocycles. The smallest absolute Gasteiger partial charge is 0.338 e. The van der Waals surface area contributed by atoms with Crippen LogP contribution >= 0.6 is 0 Å². The molecular formula is C31H46N2O10+2. The van der Waals surface area contributed by atoms with Gasteiger partial charge in [0.2, 0.25) is 11.5 Å². The molecule has 0 aromatic heterocycles. The van der Waals surface area contributed by atoms with Crippen LogP contribution in [0.3, 0.4) is 0 Å². The van der Waals surface area contributed by atoms with Crippen LogP contribution in [0.1, 0.15) is 40.0 Å². The lowest BCUT2D eigenvalue weighted by atomic mass is 10.2. The van der Waals surface area contributed by atoms with Gasteiger partial charge in [-0.15, -0.1) is 0 Å². The molecule has 2 atom stereocenters. The van der Waals surface area contributed by atoms with E-state index in [1.54, 1.807) is 24.3 Å². The second-order valence-corrected chi connectivity index (χ2v) is 10.2. The average molecular weight is 607 g/mol. The van der Waals surface area contributed by atoms with Crippen molar-refractivity contribution in [3.8, 4) is 34.5 Å². The average Bonchev–Trinajstić information content (AvgIpc) is 3.28.